The highest BCUT2D eigenvalue weighted by Crippen LogP contribution is 2.31. The number of fused-ring (bicyclic) bond motifs is 3. The quantitative estimate of drug-likeness (QED) is 0.510. The molecule has 21 heavy (non-hydrogen) atoms. The largest absolute Gasteiger partial charge is 0.309 e. The molecule has 100 valence electrons. The Morgan fingerprint density at radius 1 is 0.857 bits per heavy atom. The van der Waals surface area contributed by atoms with Gasteiger partial charge in [-0.1, -0.05) is 43.0 Å². The van der Waals surface area contributed by atoms with Crippen LogP contribution in [0.15, 0.2) is 73.6 Å². The Balaban J connectivity index is 2.11. The Bertz CT molecular complexity index is 893. The maximum atomic E-state index is 4.27. The summed E-state index contributed by atoms with van der Waals surface area (Å²) >= 11 is 0. The molecular formula is C19H14N2. The second kappa shape index (κ2) is 4.60. The minimum atomic E-state index is 1.13. The third kappa shape index (κ3) is 1.77. The van der Waals surface area contributed by atoms with Crippen molar-refractivity contribution in [3.05, 3.63) is 79.1 Å². The summed E-state index contributed by atoms with van der Waals surface area (Å²) < 4.78 is 2.28. The van der Waals surface area contributed by atoms with Gasteiger partial charge in [0.2, 0.25) is 0 Å². The van der Waals surface area contributed by atoms with E-state index in [1.54, 1.807) is 0 Å². The first-order chi connectivity index (χ1) is 10.4. The minimum absolute atomic E-state index is 1.13. The molecule has 0 aliphatic heterocycles. The van der Waals surface area contributed by atoms with Crippen LogP contribution in [-0.4, -0.2) is 9.55 Å². The van der Waals surface area contributed by atoms with E-state index in [2.05, 4.69) is 70.7 Å². The smallest absolute Gasteiger partial charge is 0.0571 e. The highest BCUT2D eigenvalue weighted by Gasteiger charge is 2.11. The summed E-state index contributed by atoms with van der Waals surface area (Å²) in [6, 6.07) is 18.9. The molecule has 0 aliphatic rings. The Morgan fingerprint density at radius 2 is 1.62 bits per heavy atom. The van der Waals surface area contributed by atoms with Crippen LogP contribution in [0.25, 0.3) is 33.6 Å². The van der Waals surface area contributed by atoms with Gasteiger partial charge in [-0.25, -0.2) is 0 Å². The first kappa shape index (κ1) is 11.9. The van der Waals surface area contributed by atoms with Crippen LogP contribution in [0.2, 0.25) is 0 Å². The highest BCUT2D eigenvalue weighted by atomic mass is 15.0. The lowest BCUT2D eigenvalue weighted by Gasteiger charge is -2.07. The molecule has 0 unspecified atom stereocenters. The minimum Gasteiger partial charge on any atom is -0.309 e. The number of nitrogens with zero attached hydrogens (tertiary/aromatic N) is 2. The van der Waals surface area contributed by atoms with Crippen molar-refractivity contribution in [2.75, 3.05) is 0 Å². The molecular weight excluding hydrogens is 256 g/mol. The number of aromatic nitrogens is 2. The molecule has 2 heterocycles. The molecule has 4 aromatic rings. The van der Waals surface area contributed by atoms with E-state index in [0.717, 1.165) is 11.3 Å². The summed E-state index contributed by atoms with van der Waals surface area (Å²) in [5.74, 6) is 0. The molecule has 2 aromatic heterocycles. The van der Waals surface area contributed by atoms with E-state index in [9.17, 15) is 0 Å². The van der Waals surface area contributed by atoms with Crippen LogP contribution < -0.4 is 0 Å². The summed E-state index contributed by atoms with van der Waals surface area (Å²) in [5, 5.41) is 2.41. The molecule has 0 N–H and O–H groups in total. The van der Waals surface area contributed by atoms with E-state index >= 15 is 0 Å². The van der Waals surface area contributed by atoms with Crippen molar-refractivity contribution < 1.29 is 0 Å². The summed E-state index contributed by atoms with van der Waals surface area (Å²) in [7, 11) is 0. The standard InChI is InChI=1S/C19H14N2/c1-2-14-7-9-15(10-8-14)21-18-6-4-3-5-16(18)17-13-20-12-11-19(17)21/h2-13H,1H2. The van der Waals surface area contributed by atoms with Gasteiger partial charge in [0.05, 0.1) is 11.0 Å². The van der Waals surface area contributed by atoms with Gasteiger partial charge in [-0.3, -0.25) is 4.98 Å². The van der Waals surface area contributed by atoms with Crippen LogP contribution in [-0.2, 0) is 0 Å². The van der Waals surface area contributed by atoms with Crippen molar-refractivity contribution in [3.63, 3.8) is 0 Å². The highest BCUT2D eigenvalue weighted by molar-refractivity contribution is 6.08. The van der Waals surface area contributed by atoms with E-state index < -0.39 is 0 Å². The summed E-state index contributed by atoms with van der Waals surface area (Å²) in [5.41, 5.74) is 4.66. The fraction of sp³-hybridized carbons (Fsp3) is 0. The Labute approximate surface area is 123 Å². The zero-order valence-electron chi connectivity index (χ0n) is 11.5. The zero-order valence-corrected chi connectivity index (χ0v) is 11.5. The summed E-state index contributed by atoms with van der Waals surface area (Å²) in [6.07, 6.45) is 5.64. The van der Waals surface area contributed by atoms with Crippen molar-refractivity contribution in [1.29, 1.82) is 0 Å². The zero-order chi connectivity index (χ0) is 14.2. The summed E-state index contributed by atoms with van der Waals surface area (Å²) in [6.45, 7) is 3.81. The molecule has 0 saturated heterocycles. The molecule has 0 radical (unpaired) electrons. The van der Waals surface area contributed by atoms with Crippen molar-refractivity contribution in [1.82, 2.24) is 9.55 Å². The average Bonchev–Trinajstić information content (AvgIpc) is 2.90. The van der Waals surface area contributed by atoms with E-state index in [4.69, 9.17) is 0 Å². The molecule has 2 heteroatoms. The number of hydrogen-bond acceptors (Lipinski definition) is 1. The van der Waals surface area contributed by atoms with Gasteiger partial charge in [0, 0.05) is 28.9 Å². The SMILES string of the molecule is C=Cc1ccc(-n2c3ccccc3c3cnccc32)cc1. The van der Waals surface area contributed by atoms with Crippen LogP contribution in [0.4, 0.5) is 0 Å². The third-order valence-electron chi connectivity index (χ3n) is 3.86. The molecule has 0 fully saturated rings. The number of hydrogen-bond donors (Lipinski definition) is 0. The van der Waals surface area contributed by atoms with Crippen LogP contribution >= 0.6 is 0 Å². The Kier molecular flexibility index (Phi) is 2.61. The topological polar surface area (TPSA) is 17.8 Å². The molecule has 2 aromatic carbocycles. The van der Waals surface area contributed by atoms with Crippen molar-refractivity contribution >= 4 is 27.9 Å². The second-order valence-corrected chi connectivity index (χ2v) is 5.04. The molecule has 0 spiro atoms. The fourth-order valence-electron chi connectivity index (χ4n) is 2.85. The van der Waals surface area contributed by atoms with E-state index in [0.29, 0.717) is 0 Å². The normalized spacial score (nSPS) is 11.0. The lowest BCUT2D eigenvalue weighted by molar-refractivity contribution is 1.17. The Hall–Kier alpha value is -2.87. The molecule has 0 saturated carbocycles. The second-order valence-electron chi connectivity index (χ2n) is 5.04. The van der Waals surface area contributed by atoms with Gasteiger partial charge >= 0.3 is 0 Å². The van der Waals surface area contributed by atoms with E-state index in [1.165, 1.54) is 21.8 Å². The van der Waals surface area contributed by atoms with Gasteiger partial charge in [-0.05, 0) is 29.8 Å². The number of rotatable bonds is 2. The average molecular weight is 270 g/mol. The lowest BCUT2D eigenvalue weighted by atomic mass is 10.2. The maximum absolute atomic E-state index is 4.27. The summed E-state index contributed by atoms with van der Waals surface area (Å²) in [4.78, 5) is 4.27. The van der Waals surface area contributed by atoms with Gasteiger partial charge in [0.15, 0.2) is 0 Å². The first-order valence-electron chi connectivity index (χ1n) is 6.94. The molecule has 0 atom stereocenters. The first-order valence-corrected chi connectivity index (χ1v) is 6.94. The van der Waals surface area contributed by atoms with Crippen molar-refractivity contribution in [2.24, 2.45) is 0 Å². The van der Waals surface area contributed by atoms with Gasteiger partial charge in [-0.15, -0.1) is 0 Å². The maximum Gasteiger partial charge on any atom is 0.0571 e. The van der Waals surface area contributed by atoms with Crippen molar-refractivity contribution in [3.8, 4) is 5.69 Å². The van der Waals surface area contributed by atoms with E-state index in [1.807, 2.05) is 18.5 Å². The number of benzene rings is 2. The van der Waals surface area contributed by atoms with Gasteiger partial charge < -0.3 is 4.57 Å². The molecule has 0 bridgehead atoms. The van der Waals surface area contributed by atoms with Crippen LogP contribution in [0.5, 0.6) is 0 Å². The predicted octanol–water partition coefficient (Wildman–Crippen LogP) is 4.82. The molecule has 0 amide bonds. The van der Waals surface area contributed by atoms with Gasteiger partial charge in [0.25, 0.3) is 0 Å². The molecule has 0 aliphatic carbocycles. The van der Waals surface area contributed by atoms with Crippen LogP contribution in [0, 0.1) is 0 Å². The van der Waals surface area contributed by atoms with Gasteiger partial charge in [0.1, 0.15) is 0 Å². The molecule has 2 nitrogen and oxygen atoms in total. The monoisotopic (exact) mass is 270 g/mol. The lowest BCUT2D eigenvalue weighted by Crippen LogP contribution is -1.93. The van der Waals surface area contributed by atoms with Gasteiger partial charge in [-0.2, -0.15) is 0 Å². The van der Waals surface area contributed by atoms with E-state index in [-0.39, 0.29) is 0 Å². The fourth-order valence-corrected chi connectivity index (χ4v) is 2.85. The van der Waals surface area contributed by atoms with Crippen molar-refractivity contribution in [2.45, 2.75) is 0 Å². The predicted molar refractivity (Wildman–Crippen MR) is 88.7 cm³/mol. The van der Waals surface area contributed by atoms with Crippen LogP contribution in [0.3, 0.4) is 0 Å². The Morgan fingerprint density at radius 3 is 2.43 bits per heavy atom. The number of pyridine rings is 1. The van der Waals surface area contributed by atoms with Crippen LogP contribution in [0.1, 0.15) is 5.56 Å². The number of para-hydroxylation sites is 1. The molecule has 4 rings (SSSR count). The third-order valence-corrected chi connectivity index (χ3v) is 3.86.